The number of hydrogen-bond acceptors (Lipinski definition) is 1. The predicted octanol–water partition coefficient (Wildman–Crippen LogP) is 4.34. The van der Waals surface area contributed by atoms with Gasteiger partial charge in [-0.2, -0.15) is 5.26 Å². The van der Waals surface area contributed by atoms with E-state index >= 15 is 0 Å². The van der Waals surface area contributed by atoms with E-state index in [1.165, 1.54) is 11.1 Å². The molecule has 1 atom stereocenters. The number of hydrogen-bond donors (Lipinski definition) is 0. The SMILES string of the molecule is CCCC1(C#N)C=CC(c2ccccc2)=CC1. The molecular weight excluding hydrogens is 206 g/mol. The number of nitrogens with zero attached hydrogens (tertiary/aromatic N) is 1. The standard InChI is InChI=1S/C16H17N/c1-2-10-16(13-17)11-8-15(9-12-16)14-6-4-3-5-7-14/h3-9,11H,2,10,12H2,1H3. The lowest BCUT2D eigenvalue weighted by atomic mass is 9.77. The largest absolute Gasteiger partial charge is 0.197 e. The second-order valence-corrected chi connectivity index (χ2v) is 4.58. The van der Waals surface area contributed by atoms with E-state index in [0.29, 0.717) is 0 Å². The Morgan fingerprint density at radius 2 is 2.06 bits per heavy atom. The van der Waals surface area contributed by atoms with Gasteiger partial charge in [-0.3, -0.25) is 0 Å². The van der Waals surface area contributed by atoms with Gasteiger partial charge < -0.3 is 0 Å². The molecule has 0 aromatic heterocycles. The molecule has 1 aromatic carbocycles. The van der Waals surface area contributed by atoms with E-state index in [2.05, 4.69) is 43.4 Å². The molecule has 0 heterocycles. The van der Waals surface area contributed by atoms with E-state index in [0.717, 1.165) is 19.3 Å². The molecule has 1 heteroatoms. The Balaban J connectivity index is 2.19. The van der Waals surface area contributed by atoms with Gasteiger partial charge >= 0.3 is 0 Å². The molecule has 1 aliphatic carbocycles. The van der Waals surface area contributed by atoms with E-state index in [4.69, 9.17) is 0 Å². The van der Waals surface area contributed by atoms with Gasteiger partial charge in [0.1, 0.15) is 0 Å². The van der Waals surface area contributed by atoms with Crippen LogP contribution in [0.2, 0.25) is 0 Å². The molecule has 0 radical (unpaired) electrons. The van der Waals surface area contributed by atoms with E-state index in [1.807, 2.05) is 18.2 Å². The summed E-state index contributed by atoms with van der Waals surface area (Å²) in [6, 6.07) is 12.8. The van der Waals surface area contributed by atoms with Crippen LogP contribution in [0.15, 0.2) is 48.6 Å². The summed E-state index contributed by atoms with van der Waals surface area (Å²) in [5, 5.41) is 9.30. The molecule has 0 fully saturated rings. The maximum Gasteiger partial charge on any atom is 0.0791 e. The van der Waals surface area contributed by atoms with Crippen molar-refractivity contribution in [1.82, 2.24) is 0 Å². The van der Waals surface area contributed by atoms with Gasteiger partial charge in [0.05, 0.1) is 11.5 Å². The smallest absolute Gasteiger partial charge is 0.0791 e. The van der Waals surface area contributed by atoms with Crippen LogP contribution in [0.25, 0.3) is 5.57 Å². The maximum absolute atomic E-state index is 9.30. The normalized spacial score (nSPS) is 22.9. The molecule has 86 valence electrons. The Labute approximate surface area is 103 Å². The summed E-state index contributed by atoms with van der Waals surface area (Å²) < 4.78 is 0. The zero-order valence-electron chi connectivity index (χ0n) is 10.2. The predicted molar refractivity (Wildman–Crippen MR) is 71.1 cm³/mol. The quantitative estimate of drug-likeness (QED) is 0.747. The topological polar surface area (TPSA) is 23.8 Å². The number of rotatable bonds is 3. The van der Waals surface area contributed by atoms with Crippen molar-refractivity contribution in [1.29, 1.82) is 5.26 Å². The average Bonchev–Trinajstić information content (AvgIpc) is 2.41. The van der Waals surface area contributed by atoms with Crippen molar-refractivity contribution >= 4 is 5.57 Å². The lowest BCUT2D eigenvalue weighted by Crippen LogP contribution is -2.16. The first-order valence-corrected chi connectivity index (χ1v) is 6.16. The van der Waals surface area contributed by atoms with E-state index in [9.17, 15) is 5.26 Å². The number of nitriles is 1. The zero-order valence-corrected chi connectivity index (χ0v) is 10.2. The Morgan fingerprint density at radius 1 is 1.29 bits per heavy atom. The molecule has 1 aromatic rings. The Kier molecular flexibility index (Phi) is 3.44. The van der Waals surface area contributed by atoms with Crippen LogP contribution in [0, 0.1) is 16.7 Å². The summed E-state index contributed by atoms with van der Waals surface area (Å²) in [6.45, 7) is 2.13. The molecule has 17 heavy (non-hydrogen) atoms. The van der Waals surface area contributed by atoms with Gasteiger partial charge in [0.2, 0.25) is 0 Å². The molecule has 0 saturated heterocycles. The maximum atomic E-state index is 9.30. The van der Waals surface area contributed by atoms with Gasteiger partial charge in [-0.15, -0.1) is 0 Å². The van der Waals surface area contributed by atoms with Crippen LogP contribution < -0.4 is 0 Å². The van der Waals surface area contributed by atoms with Crippen LogP contribution in [0.4, 0.5) is 0 Å². The van der Waals surface area contributed by atoms with Crippen LogP contribution in [0.1, 0.15) is 31.7 Å². The minimum atomic E-state index is -0.271. The molecule has 0 spiro atoms. The van der Waals surface area contributed by atoms with Gasteiger partial charge in [0.15, 0.2) is 0 Å². The molecule has 0 amide bonds. The first-order valence-electron chi connectivity index (χ1n) is 6.16. The van der Waals surface area contributed by atoms with Crippen LogP contribution in [-0.2, 0) is 0 Å². The first kappa shape index (κ1) is 11.7. The summed E-state index contributed by atoms with van der Waals surface area (Å²) in [5.41, 5.74) is 2.19. The zero-order chi connectivity index (χ0) is 12.1. The summed E-state index contributed by atoms with van der Waals surface area (Å²) >= 11 is 0. The van der Waals surface area contributed by atoms with Crippen molar-refractivity contribution < 1.29 is 0 Å². The van der Waals surface area contributed by atoms with Gasteiger partial charge in [-0.25, -0.2) is 0 Å². The number of benzene rings is 1. The Hall–Kier alpha value is -1.81. The van der Waals surface area contributed by atoms with Crippen molar-refractivity contribution in [2.45, 2.75) is 26.2 Å². The molecule has 1 aliphatic rings. The highest BCUT2D eigenvalue weighted by molar-refractivity contribution is 5.75. The van der Waals surface area contributed by atoms with Crippen molar-refractivity contribution in [3.63, 3.8) is 0 Å². The lowest BCUT2D eigenvalue weighted by Gasteiger charge is -2.24. The highest BCUT2D eigenvalue weighted by Crippen LogP contribution is 2.36. The van der Waals surface area contributed by atoms with Crippen molar-refractivity contribution in [3.05, 3.63) is 54.1 Å². The van der Waals surface area contributed by atoms with Crippen LogP contribution in [0.5, 0.6) is 0 Å². The monoisotopic (exact) mass is 223 g/mol. The van der Waals surface area contributed by atoms with Crippen LogP contribution in [-0.4, -0.2) is 0 Å². The lowest BCUT2D eigenvalue weighted by molar-refractivity contribution is 0.460. The summed E-state index contributed by atoms with van der Waals surface area (Å²) in [6.07, 6.45) is 9.19. The Bertz CT molecular complexity index is 476. The summed E-state index contributed by atoms with van der Waals surface area (Å²) in [5.74, 6) is 0. The van der Waals surface area contributed by atoms with Crippen molar-refractivity contribution in [3.8, 4) is 6.07 Å². The number of allylic oxidation sites excluding steroid dienone is 4. The average molecular weight is 223 g/mol. The highest BCUT2D eigenvalue weighted by atomic mass is 14.4. The molecule has 2 rings (SSSR count). The van der Waals surface area contributed by atoms with E-state index < -0.39 is 0 Å². The third-order valence-corrected chi connectivity index (χ3v) is 3.29. The molecule has 0 aliphatic heterocycles. The minimum absolute atomic E-state index is 0.271. The fraction of sp³-hybridized carbons (Fsp3) is 0.312. The van der Waals surface area contributed by atoms with Crippen LogP contribution >= 0.6 is 0 Å². The van der Waals surface area contributed by atoms with E-state index in [-0.39, 0.29) is 5.41 Å². The van der Waals surface area contributed by atoms with Gasteiger partial charge in [-0.1, -0.05) is 61.9 Å². The fourth-order valence-corrected chi connectivity index (χ4v) is 2.29. The third-order valence-electron chi connectivity index (χ3n) is 3.29. The van der Waals surface area contributed by atoms with Gasteiger partial charge in [0, 0.05) is 0 Å². The second kappa shape index (κ2) is 5.01. The van der Waals surface area contributed by atoms with Crippen molar-refractivity contribution in [2.24, 2.45) is 5.41 Å². The van der Waals surface area contributed by atoms with Crippen molar-refractivity contribution in [2.75, 3.05) is 0 Å². The summed E-state index contributed by atoms with van der Waals surface area (Å²) in [4.78, 5) is 0. The first-order chi connectivity index (χ1) is 8.29. The second-order valence-electron chi connectivity index (χ2n) is 4.58. The summed E-state index contributed by atoms with van der Waals surface area (Å²) in [7, 11) is 0. The molecule has 0 bridgehead atoms. The van der Waals surface area contributed by atoms with Gasteiger partial charge in [-0.05, 0) is 24.0 Å². The molecule has 1 unspecified atom stereocenters. The third kappa shape index (κ3) is 2.47. The molecule has 0 saturated carbocycles. The molecule has 1 nitrogen and oxygen atoms in total. The fourth-order valence-electron chi connectivity index (χ4n) is 2.29. The molecular formula is C16H17N. The minimum Gasteiger partial charge on any atom is -0.197 e. The Morgan fingerprint density at radius 3 is 2.59 bits per heavy atom. The van der Waals surface area contributed by atoms with Crippen LogP contribution in [0.3, 0.4) is 0 Å². The van der Waals surface area contributed by atoms with Gasteiger partial charge in [0.25, 0.3) is 0 Å². The highest BCUT2D eigenvalue weighted by Gasteiger charge is 2.27. The molecule has 0 N–H and O–H groups in total. The van der Waals surface area contributed by atoms with E-state index in [1.54, 1.807) is 0 Å².